The number of hydrogen-bond donors (Lipinski definition) is 0. The molecule has 2 nitrogen and oxygen atoms in total. The van der Waals surface area contributed by atoms with Gasteiger partial charge >= 0.3 is 0 Å². The molecule has 1 aromatic carbocycles. The Labute approximate surface area is 95.8 Å². The first kappa shape index (κ1) is 12.1. The molecule has 1 atom stereocenters. The molecule has 0 saturated carbocycles. The van der Waals surface area contributed by atoms with Crippen molar-refractivity contribution < 1.29 is 4.79 Å². The second-order valence-electron chi connectivity index (χ2n) is 3.66. The minimum atomic E-state index is 0.391. The first-order chi connectivity index (χ1) is 7.11. The fourth-order valence-corrected chi connectivity index (χ4v) is 1.68. The monoisotopic (exact) mass is 225 g/mol. The minimum Gasteiger partial charge on any atom is -0.371 e. The van der Waals surface area contributed by atoms with Crippen molar-refractivity contribution in [2.24, 2.45) is 0 Å². The maximum absolute atomic E-state index is 11.0. The van der Waals surface area contributed by atoms with Crippen LogP contribution in [0.5, 0.6) is 0 Å². The van der Waals surface area contributed by atoms with Crippen LogP contribution in [0.1, 0.15) is 30.6 Å². The summed E-state index contributed by atoms with van der Waals surface area (Å²) in [5, 5.41) is 0.512. The summed E-state index contributed by atoms with van der Waals surface area (Å²) < 4.78 is 0. The van der Waals surface area contributed by atoms with Crippen molar-refractivity contribution in [1.29, 1.82) is 0 Å². The van der Waals surface area contributed by atoms with E-state index in [1.807, 2.05) is 19.2 Å². The molecule has 0 radical (unpaired) electrons. The summed E-state index contributed by atoms with van der Waals surface area (Å²) in [6.07, 6.45) is 1.85. The summed E-state index contributed by atoms with van der Waals surface area (Å²) in [5.74, 6) is 0. The zero-order chi connectivity index (χ0) is 11.4. The largest absolute Gasteiger partial charge is 0.371 e. The summed E-state index contributed by atoms with van der Waals surface area (Å²) >= 11 is 5.96. The van der Waals surface area contributed by atoms with Gasteiger partial charge in [-0.3, -0.25) is 4.79 Å². The molecule has 3 heteroatoms. The minimum absolute atomic E-state index is 0.391. The third-order valence-corrected chi connectivity index (χ3v) is 3.11. The number of benzene rings is 1. The predicted octanol–water partition coefficient (Wildman–Crippen LogP) is 3.39. The van der Waals surface area contributed by atoms with Crippen LogP contribution in [0.3, 0.4) is 0 Å². The van der Waals surface area contributed by atoms with Crippen molar-refractivity contribution in [3.63, 3.8) is 0 Å². The summed E-state index contributed by atoms with van der Waals surface area (Å²) in [6, 6.07) is 5.91. The Balaban J connectivity index is 3.13. The van der Waals surface area contributed by atoms with Crippen molar-refractivity contribution in [2.45, 2.75) is 26.3 Å². The Kier molecular flexibility index (Phi) is 4.15. The number of hydrogen-bond acceptors (Lipinski definition) is 2. The van der Waals surface area contributed by atoms with E-state index in [4.69, 9.17) is 11.6 Å². The highest BCUT2D eigenvalue weighted by atomic mass is 35.5. The van der Waals surface area contributed by atoms with Crippen LogP contribution in [0.25, 0.3) is 0 Å². The van der Waals surface area contributed by atoms with Gasteiger partial charge in [0, 0.05) is 18.8 Å². The molecular weight excluding hydrogens is 210 g/mol. The van der Waals surface area contributed by atoms with Gasteiger partial charge in [0.2, 0.25) is 0 Å². The predicted molar refractivity (Wildman–Crippen MR) is 65.0 cm³/mol. The van der Waals surface area contributed by atoms with E-state index < -0.39 is 0 Å². The molecule has 0 saturated heterocycles. The average molecular weight is 226 g/mol. The van der Waals surface area contributed by atoms with E-state index in [9.17, 15) is 4.79 Å². The molecule has 0 aliphatic carbocycles. The molecule has 1 unspecified atom stereocenters. The lowest BCUT2D eigenvalue weighted by atomic mass is 10.1. The fourth-order valence-electron chi connectivity index (χ4n) is 1.46. The van der Waals surface area contributed by atoms with Crippen molar-refractivity contribution >= 4 is 23.6 Å². The van der Waals surface area contributed by atoms with Crippen molar-refractivity contribution in [1.82, 2.24) is 0 Å². The van der Waals surface area contributed by atoms with Crippen LogP contribution in [0.15, 0.2) is 18.2 Å². The van der Waals surface area contributed by atoms with Crippen LogP contribution in [-0.2, 0) is 0 Å². The van der Waals surface area contributed by atoms with Crippen LogP contribution in [0.4, 0.5) is 5.69 Å². The first-order valence-corrected chi connectivity index (χ1v) is 5.46. The standard InChI is InChI=1S/C12H16ClNO/c1-4-9(2)14(3)12-7-5-6-11(13)10(12)8-15/h5-9H,4H2,1-3H3. The maximum Gasteiger partial charge on any atom is 0.153 e. The van der Waals surface area contributed by atoms with Crippen LogP contribution >= 0.6 is 11.6 Å². The van der Waals surface area contributed by atoms with Gasteiger partial charge in [0.1, 0.15) is 0 Å². The van der Waals surface area contributed by atoms with Crippen LogP contribution < -0.4 is 4.90 Å². The number of carbonyl (C=O) groups excluding carboxylic acids is 1. The van der Waals surface area contributed by atoms with E-state index in [2.05, 4.69) is 18.7 Å². The summed E-state index contributed by atoms with van der Waals surface area (Å²) in [4.78, 5) is 13.0. The highest BCUT2D eigenvalue weighted by Crippen LogP contribution is 2.26. The van der Waals surface area contributed by atoms with Gasteiger partial charge in [-0.1, -0.05) is 24.6 Å². The van der Waals surface area contributed by atoms with Gasteiger partial charge < -0.3 is 4.90 Å². The highest BCUT2D eigenvalue weighted by molar-refractivity contribution is 6.33. The molecular formula is C12H16ClNO. The Bertz CT molecular complexity index is 351. The molecule has 1 aromatic rings. The molecule has 0 bridgehead atoms. The van der Waals surface area contributed by atoms with Gasteiger partial charge in [0.05, 0.1) is 10.6 Å². The molecule has 0 aliphatic rings. The lowest BCUT2D eigenvalue weighted by molar-refractivity contribution is 0.112. The van der Waals surface area contributed by atoms with E-state index >= 15 is 0 Å². The molecule has 0 N–H and O–H groups in total. The van der Waals surface area contributed by atoms with E-state index in [0.29, 0.717) is 16.6 Å². The number of nitrogens with zero attached hydrogens (tertiary/aromatic N) is 1. The third-order valence-electron chi connectivity index (χ3n) is 2.78. The SMILES string of the molecule is CCC(C)N(C)c1cccc(Cl)c1C=O. The lowest BCUT2D eigenvalue weighted by Crippen LogP contribution is -2.28. The molecule has 0 spiro atoms. The normalized spacial score (nSPS) is 12.3. The second-order valence-corrected chi connectivity index (χ2v) is 4.07. The van der Waals surface area contributed by atoms with Gasteiger partial charge in [-0.2, -0.15) is 0 Å². The van der Waals surface area contributed by atoms with E-state index in [1.165, 1.54) is 0 Å². The Morgan fingerprint density at radius 3 is 2.73 bits per heavy atom. The average Bonchev–Trinajstić information content (AvgIpc) is 2.26. The molecule has 0 aromatic heterocycles. The van der Waals surface area contributed by atoms with Crippen molar-refractivity contribution in [3.8, 4) is 0 Å². The molecule has 0 heterocycles. The Morgan fingerprint density at radius 2 is 2.20 bits per heavy atom. The van der Waals surface area contributed by atoms with Gasteiger partial charge in [-0.25, -0.2) is 0 Å². The first-order valence-electron chi connectivity index (χ1n) is 5.08. The number of aldehydes is 1. The number of anilines is 1. The van der Waals surface area contributed by atoms with E-state index in [0.717, 1.165) is 18.4 Å². The quantitative estimate of drug-likeness (QED) is 0.733. The van der Waals surface area contributed by atoms with Crippen LogP contribution in [0.2, 0.25) is 5.02 Å². The Hall–Kier alpha value is -1.02. The smallest absolute Gasteiger partial charge is 0.153 e. The topological polar surface area (TPSA) is 20.3 Å². The van der Waals surface area contributed by atoms with Gasteiger partial charge in [0.15, 0.2) is 6.29 Å². The second kappa shape index (κ2) is 5.17. The zero-order valence-corrected chi connectivity index (χ0v) is 10.1. The summed E-state index contributed by atoms with van der Waals surface area (Å²) in [7, 11) is 1.98. The van der Waals surface area contributed by atoms with Gasteiger partial charge in [0.25, 0.3) is 0 Å². The molecule has 0 fully saturated rings. The highest BCUT2D eigenvalue weighted by Gasteiger charge is 2.13. The number of carbonyl (C=O) groups is 1. The molecule has 1 rings (SSSR count). The fraction of sp³-hybridized carbons (Fsp3) is 0.417. The number of rotatable bonds is 4. The molecule has 0 amide bonds. The Morgan fingerprint density at radius 1 is 1.53 bits per heavy atom. The molecule has 82 valence electrons. The zero-order valence-electron chi connectivity index (χ0n) is 9.33. The number of halogens is 1. The van der Waals surface area contributed by atoms with E-state index in [-0.39, 0.29) is 0 Å². The van der Waals surface area contributed by atoms with Gasteiger partial charge in [-0.05, 0) is 25.5 Å². The molecule has 0 aliphatic heterocycles. The molecule has 15 heavy (non-hydrogen) atoms. The van der Waals surface area contributed by atoms with Gasteiger partial charge in [-0.15, -0.1) is 0 Å². The van der Waals surface area contributed by atoms with Crippen molar-refractivity contribution in [3.05, 3.63) is 28.8 Å². The third kappa shape index (κ3) is 2.51. The van der Waals surface area contributed by atoms with Crippen LogP contribution in [-0.4, -0.2) is 19.4 Å². The summed E-state index contributed by atoms with van der Waals surface area (Å²) in [5.41, 5.74) is 1.47. The maximum atomic E-state index is 11.0. The van der Waals surface area contributed by atoms with Crippen LogP contribution in [0, 0.1) is 0 Å². The van der Waals surface area contributed by atoms with Crippen molar-refractivity contribution in [2.75, 3.05) is 11.9 Å². The van der Waals surface area contributed by atoms with E-state index in [1.54, 1.807) is 6.07 Å². The lowest BCUT2D eigenvalue weighted by Gasteiger charge is -2.27. The summed E-state index contributed by atoms with van der Waals surface area (Å²) in [6.45, 7) is 4.24.